The highest BCUT2D eigenvalue weighted by Crippen LogP contribution is 2.13. The van der Waals surface area contributed by atoms with Crippen molar-refractivity contribution in [3.63, 3.8) is 0 Å². The van der Waals surface area contributed by atoms with Crippen LogP contribution in [0.2, 0.25) is 0 Å². The van der Waals surface area contributed by atoms with E-state index in [1.807, 2.05) is 30.3 Å². The lowest BCUT2D eigenvalue weighted by Gasteiger charge is -2.13. The first-order valence-corrected chi connectivity index (χ1v) is 7.06. The Morgan fingerprint density at radius 2 is 2.05 bits per heavy atom. The first-order chi connectivity index (χ1) is 9.13. The van der Waals surface area contributed by atoms with Crippen LogP contribution < -0.4 is 5.32 Å². The maximum atomic E-state index is 11.2. The number of hydrogen-bond acceptors (Lipinski definition) is 4. The maximum absolute atomic E-state index is 11.2. The summed E-state index contributed by atoms with van der Waals surface area (Å²) in [5.74, 6) is -0.0633. The minimum absolute atomic E-state index is 0.218. The Labute approximate surface area is 116 Å². The number of amides is 1. The molecule has 1 rings (SSSR count). The van der Waals surface area contributed by atoms with Gasteiger partial charge in [-0.05, 0) is 12.5 Å². The molecule has 0 heterocycles. The van der Waals surface area contributed by atoms with Gasteiger partial charge in [0.05, 0.1) is 6.61 Å². The third-order valence-electron chi connectivity index (χ3n) is 2.26. The Hall–Kier alpha value is -1.69. The predicted octanol–water partition coefficient (Wildman–Crippen LogP) is 2.12. The van der Waals surface area contributed by atoms with Gasteiger partial charge in [-0.15, -0.1) is 0 Å². The van der Waals surface area contributed by atoms with Crippen molar-refractivity contribution >= 4 is 23.8 Å². The Morgan fingerprint density at radius 3 is 2.63 bits per heavy atom. The quantitative estimate of drug-likeness (QED) is 0.801. The Balaban J connectivity index is 2.38. The van der Waals surface area contributed by atoms with Crippen molar-refractivity contribution < 1.29 is 19.4 Å². The monoisotopic (exact) mass is 283 g/mol. The lowest BCUT2D eigenvalue weighted by molar-refractivity contribution is -0.138. The van der Waals surface area contributed by atoms with Crippen LogP contribution in [0, 0.1) is 0 Å². The SMILES string of the molecule is CCOC(=O)N[C@@H](CSCc1ccccc1)C(=O)O. The summed E-state index contributed by atoms with van der Waals surface area (Å²) in [6.07, 6.45) is -0.699. The molecule has 0 aliphatic rings. The van der Waals surface area contributed by atoms with E-state index < -0.39 is 18.1 Å². The molecule has 2 N–H and O–H groups in total. The fourth-order valence-electron chi connectivity index (χ4n) is 1.36. The molecule has 0 spiro atoms. The molecule has 1 amide bonds. The molecular weight excluding hydrogens is 266 g/mol. The van der Waals surface area contributed by atoms with Crippen LogP contribution in [0.25, 0.3) is 0 Å². The molecule has 1 aromatic carbocycles. The van der Waals surface area contributed by atoms with Crippen LogP contribution in [0.1, 0.15) is 12.5 Å². The van der Waals surface area contributed by atoms with E-state index >= 15 is 0 Å². The molecule has 0 bridgehead atoms. The third-order valence-corrected chi connectivity index (χ3v) is 3.37. The average molecular weight is 283 g/mol. The lowest BCUT2D eigenvalue weighted by atomic mass is 10.2. The molecule has 0 unspecified atom stereocenters. The van der Waals surface area contributed by atoms with Crippen molar-refractivity contribution in [2.45, 2.75) is 18.7 Å². The number of nitrogens with one attached hydrogen (secondary N) is 1. The van der Waals surface area contributed by atoms with Gasteiger partial charge >= 0.3 is 12.1 Å². The fourth-order valence-corrected chi connectivity index (χ4v) is 2.37. The number of thioether (sulfide) groups is 1. The van der Waals surface area contributed by atoms with Crippen molar-refractivity contribution in [1.82, 2.24) is 5.32 Å². The molecule has 0 saturated heterocycles. The molecule has 0 aliphatic heterocycles. The smallest absolute Gasteiger partial charge is 0.407 e. The molecule has 104 valence electrons. The number of carbonyl (C=O) groups excluding carboxylic acids is 1. The molecule has 1 atom stereocenters. The lowest BCUT2D eigenvalue weighted by Crippen LogP contribution is -2.42. The van der Waals surface area contributed by atoms with Gasteiger partial charge in [-0.25, -0.2) is 9.59 Å². The number of rotatable bonds is 7. The zero-order valence-corrected chi connectivity index (χ0v) is 11.5. The van der Waals surface area contributed by atoms with E-state index in [-0.39, 0.29) is 6.61 Å². The summed E-state index contributed by atoms with van der Waals surface area (Å²) in [5, 5.41) is 11.3. The molecular formula is C13H17NO4S. The minimum Gasteiger partial charge on any atom is -0.480 e. The van der Waals surface area contributed by atoms with Gasteiger partial charge in [0.2, 0.25) is 0 Å². The normalized spacial score (nSPS) is 11.6. The summed E-state index contributed by atoms with van der Waals surface area (Å²) >= 11 is 1.45. The molecule has 0 fully saturated rings. The molecule has 0 saturated carbocycles. The molecule has 0 aliphatic carbocycles. The van der Waals surface area contributed by atoms with E-state index in [1.54, 1.807) is 6.92 Å². The van der Waals surface area contributed by atoms with E-state index in [0.29, 0.717) is 11.5 Å². The van der Waals surface area contributed by atoms with Crippen LogP contribution >= 0.6 is 11.8 Å². The topological polar surface area (TPSA) is 75.6 Å². The molecule has 19 heavy (non-hydrogen) atoms. The zero-order chi connectivity index (χ0) is 14.1. The highest BCUT2D eigenvalue weighted by atomic mass is 32.2. The molecule has 1 aromatic rings. The van der Waals surface area contributed by atoms with E-state index in [9.17, 15) is 9.59 Å². The van der Waals surface area contributed by atoms with Crippen molar-refractivity contribution in [2.75, 3.05) is 12.4 Å². The summed E-state index contributed by atoms with van der Waals surface area (Å²) < 4.78 is 4.66. The van der Waals surface area contributed by atoms with Crippen LogP contribution in [0.4, 0.5) is 4.79 Å². The van der Waals surface area contributed by atoms with E-state index in [1.165, 1.54) is 11.8 Å². The first kappa shape index (κ1) is 15.4. The van der Waals surface area contributed by atoms with Crippen LogP contribution in [-0.4, -0.2) is 35.6 Å². The Bertz CT molecular complexity index is 410. The number of carboxylic acids is 1. The van der Waals surface area contributed by atoms with Crippen molar-refractivity contribution in [1.29, 1.82) is 0 Å². The average Bonchev–Trinajstić information content (AvgIpc) is 2.39. The van der Waals surface area contributed by atoms with Gasteiger partial charge in [0.1, 0.15) is 6.04 Å². The number of carboxylic acid groups (broad SMARTS) is 1. The standard InChI is InChI=1S/C13H17NO4S/c1-2-18-13(17)14-11(12(15)16)9-19-8-10-6-4-3-5-7-10/h3-7,11H,2,8-9H2,1H3,(H,14,17)(H,15,16)/t11-/m0/s1. The Kier molecular flexibility index (Phi) is 6.81. The van der Waals surface area contributed by atoms with Gasteiger partial charge < -0.3 is 15.2 Å². The third kappa shape index (κ3) is 6.15. The second-order valence-corrected chi connectivity index (χ2v) is 4.79. The summed E-state index contributed by atoms with van der Waals surface area (Å²) in [6, 6.07) is 8.80. The summed E-state index contributed by atoms with van der Waals surface area (Å²) in [7, 11) is 0. The van der Waals surface area contributed by atoms with Crippen molar-refractivity contribution in [3.8, 4) is 0 Å². The van der Waals surface area contributed by atoms with Gasteiger partial charge in [0.25, 0.3) is 0 Å². The minimum atomic E-state index is -1.06. The van der Waals surface area contributed by atoms with Crippen molar-refractivity contribution in [3.05, 3.63) is 35.9 Å². The molecule has 0 aromatic heterocycles. The number of aliphatic carboxylic acids is 1. The van der Waals surface area contributed by atoms with Crippen molar-refractivity contribution in [2.24, 2.45) is 0 Å². The second kappa shape index (κ2) is 8.42. The van der Waals surface area contributed by atoms with Crippen LogP contribution in [0.5, 0.6) is 0 Å². The molecule has 0 radical (unpaired) electrons. The van der Waals surface area contributed by atoms with E-state index in [0.717, 1.165) is 5.56 Å². The Morgan fingerprint density at radius 1 is 1.37 bits per heavy atom. The van der Waals surface area contributed by atoms with Gasteiger partial charge in [0.15, 0.2) is 0 Å². The maximum Gasteiger partial charge on any atom is 0.407 e. The number of alkyl carbamates (subject to hydrolysis) is 1. The number of ether oxygens (including phenoxy) is 1. The van der Waals surface area contributed by atoms with E-state index in [4.69, 9.17) is 5.11 Å². The summed E-state index contributed by atoms with van der Waals surface area (Å²) in [6.45, 7) is 1.88. The second-order valence-electron chi connectivity index (χ2n) is 3.76. The van der Waals surface area contributed by atoms with Gasteiger partial charge in [-0.3, -0.25) is 0 Å². The van der Waals surface area contributed by atoms with Crippen LogP contribution in [0.15, 0.2) is 30.3 Å². The summed E-state index contributed by atoms with van der Waals surface area (Å²) in [5.41, 5.74) is 1.12. The predicted molar refractivity (Wildman–Crippen MR) is 74.2 cm³/mol. The van der Waals surface area contributed by atoms with Gasteiger partial charge in [-0.2, -0.15) is 11.8 Å². The van der Waals surface area contributed by atoms with Crippen LogP contribution in [-0.2, 0) is 15.3 Å². The highest BCUT2D eigenvalue weighted by Gasteiger charge is 2.20. The van der Waals surface area contributed by atoms with Gasteiger partial charge in [0, 0.05) is 11.5 Å². The largest absolute Gasteiger partial charge is 0.480 e. The fraction of sp³-hybridized carbons (Fsp3) is 0.385. The van der Waals surface area contributed by atoms with E-state index in [2.05, 4.69) is 10.1 Å². The summed E-state index contributed by atoms with van der Waals surface area (Å²) in [4.78, 5) is 22.2. The van der Waals surface area contributed by atoms with Gasteiger partial charge in [-0.1, -0.05) is 30.3 Å². The number of benzene rings is 1. The van der Waals surface area contributed by atoms with Crippen LogP contribution in [0.3, 0.4) is 0 Å². The highest BCUT2D eigenvalue weighted by molar-refractivity contribution is 7.98. The number of carbonyl (C=O) groups is 2. The zero-order valence-electron chi connectivity index (χ0n) is 10.7. The number of hydrogen-bond donors (Lipinski definition) is 2. The first-order valence-electron chi connectivity index (χ1n) is 5.91. The molecule has 6 heteroatoms. The molecule has 5 nitrogen and oxygen atoms in total.